The van der Waals surface area contributed by atoms with Gasteiger partial charge in [0.1, 0.15) is 0 Å². The summed E-state index contributed by atoms with van der Waals surface area (Å²) in [5.41, 5.74) is 3.18. The van der Waals surface area contributed by atoms with Crippen LogP contribution < -0.4 is 4.90 Å². The van der Waals surface area contributed by atoms with Crippen LogP contribution in [0, 0.1) is 0 Å². The number of hydrogen-bond acceptors (Lipinski definition) is 5. The van der Waals surface area contributed by atoms with E-state index in [1.807, 2.05) is 39.8 Å². The van der Waals surface area contributed by atoms with Crippen LogP contribution in [0.25, 0.3) is 11.4 Å². The summed E-state index contributed by atoms with van der Waals surface area (Å²) in [4.78, 5) is 18.9. The van der Waals surface area contributed by atoms with E-state index in [2.05, 4.69) is 34.8 Å². The fourth-order valence-corrected chi connectivity index (χ4v) is 4.35. The molecule has 0 bridgehead atoms. The van der Waals surface area contributed by atoms with Crippen LogP contribution in [0.3, 0.4) is 0 Å². The zero-order chi connectivity index (χ0) is 19.5. The molecule has 1 aromatic carbocycles. The summed E-state index contributed by atoms with van der Waals surface area (Å²) < 4.78 is 1.97. The van der Waals surface area contributed by atoms with Crippen molar-refractivity contribution in [1.29, 1.82) is 0 Å². The van der Waals surface area contributed by atoms with Gasteiger partial charge in [0, 0.05) is 36.2 Å². The highest BCUT2D eigenvalue weighted by atomic mass is 32.2. The molecule has 1 aliphatic heterocycles. The monoisotopic (exact) mass is 391 g/mol. The third kappa shape index (κ3) is 3.45. The smallest absolute Gasteiger partial charge is 0.237 e. The minimum Gasteiger partial charge on any atom is -0.308 e. The molecule has 0 spiro atoms. The lowest BCUT2D eigenvalue weighted by Crippen LogP contribution is -2.37. The number of nitrogens with zero attached hydrogens (tertiary/aromatic N) is 5. The lowest BCUT2D eigenvalue weighted by atomic mass is 10.1. The third-order valence-electron chi connectivity index (χ3n) is 4.77. The summed E-state index contributed by atoms with van der Waals surface area (Å²) in [6.07, 6.45) is 6.15. The zero-order valence-corrected chi connectivity index (χ0v) is 16.5. The van der Waals surface area contributed by atoms with E-state index in [-0.39, 0.29) is 11.9 Å². The molecule has 0 saturated heterocycles. The number of fused-ring (bicyclic) bond motifs is 1. The second-order valence-corrected chi connectivity index (χ2v) is 7.62. The largest absolute Gasteiger partial charge is 0.308 e. The standard InChI is InChI=1S/C21H21N5OS/c1-3-12-25-20(16-8-10-22-11-9-16)23-24-21(25)28-14-19(27)26-15(2)13-17-6-4-5-7-18(17)26/h3-11,15H,1,12-14H2,2H3/t15-/m0/s1. The number of hydrogen-bond donors (Lipinski definition) is 0. The minimum absolute atomic E-state index is 0.0843. The summed E-state index contributed by atoms with van der Waals surface area (Å²) in [6, 6.07) is 12.1. The first-order valence-electron chi connectivity index (χ1n) is 9.16. The summed E-state index contributed by atoms with van der Waals surface area (Å²) in [5, 5.41) is 9.34. The second-order valence-electron chi connectivity index (χ2n) is 6.68. The van der Waals surface area contributed by atoms with Crippen LogP contribution in [0.2, 0.25) is 0 Å². The Kier molecular flexibility index (Phi) is 5.25. The molecule has 0 radical (unpaired) electrons. The first-order chi connectivity index (χ1) is 13.7. The number of benzene rings is 1. The predicted octanol–water partition coefficient (Wildman–Crippen LogP) is 3.60. The van der Waals surface area contributed by atoms with Gasteiger partial charge >= 0.3 is 0 Å². The van der Waals surface area contributed by atoms with Crippen molar-refractivity contribution in [3.8, 4) is 11.4 Å². The van der Waals surface area contributed by atoms with Crippen molar-refractivity contribution in [2.24, 2.45) is 0 Å². The van der Waals surface area contributed by atoms with Crippen molar-refractivity contribution in [1.82, 2.24) is 19.7 Å². The maximum Gasteiger partial charge on any atom is 0.237 e. The molecule has 0 aliphatic carbocycles. The molecule has 0 unspecified atom stereocenters. The molecule has 3 aromatic rings. The van der Waals surface area contributed by atoms with Crippen LogP contribution in [-0.2, 0) is 17.8 Å². The number of thioether (sulfide) groups is 1. The predicted molar refractivity (Wildman–Crippen MR) is 111 cm³/mol. The summed E-state index contributed by atoms with van der Waals surface area (Å²) in [7, 11) is 0. The van der Waals surface area contributed by atoms with Gasteiger partial charge in [-0.15, -0.1) is 16.8 Å². The van der Waals surface area contributed by atoms with Gasteiger partial charge in [-0.3, -0.25) is 14.3 Å². The first-order valence-corrected chi connectivity index (χ1v) is 10.1. The number of amides is 1. The molecule has 1 atom stereocenters. The van der Waals surface area contributed by atoms with Crippen molar-refractivity contribution >= 4 is 23.4 Å². The van der Waals surface area contributed by atoms with Crippen LogP contribution >= 0.6 is 11.8 Å². The van der Waals surface area contributed by atoms with Gasteiger partial charge in [-0.05, 0) is 37.1 Å². The Morgan fingerprint density at radius 2 is 2.04 bits per heavy atom. The lowest BCUT2D eigenvalue weighted by Gasteiger charge is -2.22. The molecule has 28 heavy (non-hydrogen) atoms. The van der Waals surface area contributed by atoms with Gasteiger partial charge in [-0.1, -0.05) is 36.0 Å². The Labute approximate surface area is 168 Å². The van der Waals surface area contributed by atoms with Crippen LogP contribution in [0.15, 0.2) is 66.6 Å². The highest BCUT2D eigenvalue weighted by molar-refractivity contribution is 7.99. The highest BCUT2D eigenvalue weighted by Crippen LogP contribution is 2.33. The summed E-state index contributed by atoms with van der Waals surface area (Å²) in [5.74, 6) is 1.14. The Morgan fingerprint density at radius 3 is 2.82 bits per heavy atom. The topological polar surface area (TPSA) is 63.9 Å². The van der Waals surface area contributed by atoms with E-state index in [0.717, 1.165) is 23.5 Å². The molecule has 0 N–H and O–H groups in total. The molecule has 0 saturated carbocycles. The number of rotatable bonds is 6. The van der Waals surface area contributed by atoms with Crippen molar-refractivity contribution < 1.29 is 4.79 Å². The number of allylic oxidation sites excluding steroid dienone is 1. The summed E-state index contributed by atoms with van der Waals surface area (Å²) in [6.45, 7) is 6.49. The zero-order valence-electron chi connectivity index (χ0n) is 15.7. The Balaban J connectivity index is 1.53. The highest BCUT2D eigenvalue weighted by Gasteiger charge is 2.30. The molecule has 1 amide bonds. The molecule has 4 rings (SSSR count). The van der Waals surface area contributed by atoms with Crippen molar-refractivity contribution in [2.75, 3.05) is 10.7 Å². The maximum atomic E-state index is 13.0. The molecular formula is C21H21N5OS. The van der Waals surface area contributed by atoms with E-state index in [9.17, 15) is 4.79 Å². The number of para-hydroxylation sites is 1. The van der Waals surface area contributed by atoms with Crippen LogP contribution in [0.4, 0.5) is 5.69 Å². The molecule has 0 fully saturated rings. The van der Waals surface area contributed by atoms with Gasteiger partial charge in [0.25, 0.3) is 0 Å². The van der Waals surface area contributed by atoms with Gasteiger partial charge in [0.15, 0.2) is 11.0 Å². The Hall–Kier alpha value is -2.93. The fraction of sp³-hybridized carbons (Fsp3) is 0.238. The fourth-order valence-electron chi connectivity index (χ4n) is 3.55. The van der Waals surface area contributed by atoms with E-state index in [1.54, 1.807) is 18.5 Å². The SMILES string of the molecule is C=CCn1c(SCC(=O)N2c3ccccc3C[C@@H]2C)nnc1-c1ccncc1. The minimum atomic E-state index is 0.0843. The molecule has 6 nitrogen and oxygen atoms in total. The Bertz CT molecular complexity index is 1000. The third-order valence-corrected chi connectivity index (χ3v) is 5.72. The first kappa shape index (κ1) is 18.4. The number of carbonyl (C=O) groups is 1. The average Bonchev–Trinajstić information content (AvgIpc) is 3.27. The summed E-state index contributed by atoms with van der Waals surface area (Å²) >= 11 is 1.41. The number of carbonyl (C=O) groups excluding carboxylic acids is 1. The number of anilines is 1. The van der Waals surface area contributed by atoms with Crippen molar-refractivity contribution in [3.05, 3.63) is 67.0 Å². The van der Waals surface area contributed by atoms with E-state index in [1.165, 1.54) is 17.3 Å². The van der Waals surface area contributed by atoms with Gasteiger partial charge in [0.05, 0.1) is 5.75 Å². The molecule has 7 heteroatoms. The van der Waals surface area contributed by atoms with Crippen LogP contribution in [0.5, 0.6) is 0 Å². The second kappa shape index (κ2) is 7.98. The molecular weight excluding hydrogens is 370 g/mol. The van der Waals surface area contributed by atoms with Crippen molar-refractivity contribution in [3.63, 3.8) is 0 Å². The molecule has 2 aromatic heterocycles. The van der Waals surface area contributed by atoms with Gasteiger partial charge < -0.3 is 4.90 Å². The van der Waals surface area contributed by atoms with Crippen LogP contribution in [0.1, 0.15) is 12.5 Å². The van der Waals surface area contributed by atoms with E-state index >= 15 is 0 Å². The van der Waals surface area contributed by atoms with E-state index in [0.29, 0.717) is 17.5 Å². The van der Waals surface area contributed by atoms with Gasteiger partial charge in [-0.25, -0.2) is 0 Å². The Morgan fingerprint density at radius 1 is 1.25 bits per heavy atom. The van der Waals surface area contributed by atoms with Crippen molar-refractivity contribution in [2.45, 2.75) is 31.1 Å². The van der Waals surface area contributed by atoms with Crippen LogP contribution in [-0.4, -0.2) is 37.5 Å². The molecule has 1 aliphatic rings. The van der Waals surface area contributed by atoms with Gasteiger partial charge in [-0.2, -0.15) is 0 Å². The molecule has 142 valence electrons. The quantitative estimate of drug-likeness (QED) is 0.475. The lowest BCUT2D eigenvalue weighted by molar-refractivity contribution is -0.116. The average molecular weight is 392 g/mol. The number of pyridine rings is 1. The normalized spacial score (nSPS) is 15.5. The van der Waals surface area contributed by atoms with E-state index < -0.39 is 0 Å². The maximum absolute atomic E-state index is 13.0. The number of aromatic nitrogens is 4. The van der Waals surface area contributed by atoms with Gasteiger partial charge in [0.2, 0.25) is 5.91 Å². The molecule has 3 heterocycles. The van der Waals surface area contributed by atoms with E-state index in [4.69, 9.17) is 0 Å².